The van der Waals surface area contributed by atoms with Crippen LogP contribution in [0.15, 0.2) is 48.5 Å². The fourth-order valence-electron chi connectivity index (χ4n) is 4.77. The summed E-state index contributed by atoms with van der Waals surface area (Å²) in [5, 5.41) is 15.8. The summed E-state index contributed by atoms with van der Waals surface area (Å²) in [7, 11) is 0. The van der Waals surface area contributed by atoms with Crippen LogP contribution in [0.1, 0.15) is 18.0 Å². The molecule has 0 bridgehead atoms. The van der Waals surface area contributed by atoms with E-state index in [2.05, 4.69) is 5.01 Å². The van der Waals surface area contributed by atoms with E-state index < -0.39 is 16.9 Å². The number of nitro groups is 1. The van der Waals surface area contributed by atoms with Gasteiger partial charge in [-0.2, -0.15) is 0 Å². The van der Waals surface area contributed by atoms with E-state index in [0.29, 0.717) is 11.6 Å². The number of hydrogen-bond acceptors (Lipinski definition) is 6. The third-order valence-corrected chi connectivity index (χ3v) is 6.17. The topological polar surface area (TPSA) is 87.0 Å². The molecule has 3 heterocycles. The van der Waals surface area contributed by atoms with Gasteiger partial charge in [0.25, 0.3) is 11.6 Å². The van der Waals surface area contributed by atoms with Crippen molar-refractivity contribution in [2.75, 3.05) is 18.0 Å². The maximum Gasteiger partial charge on any atom is 0.271 e. The normalized spacial score (nSPS) is 26.8. The lowest BCUT2D eigenvalue weighted by molar-refractivity contribution is -0.384. The average Bonchev–Trinajstić information content (AvgIpc) is 3.35. The lowest BCUT2D eigenvalue weighted by atomic mass is 9.90. The minimum absolute atomic E-state index is 0.155. The van der Waals surface area contributed by atoms with E-state index in [4.69, 9.17) is 11.6 Å². The van der Waals surface area contributed by atoms with Crippen LogP contribution in [0.25, 0.3) is 0 Å². The second-order valence-corrected chi connectivity index (χ2v) is 7.87. The molecule has 0 aliphatic carbocycles. The van der Waals surface area contributed by atoms with Gasteiger partial charge in [0.15, 0.2) is 0 Å². The van der Waals surface area contributed by atoms with Gasteiger partial charge in [-0.1, -0.05) is 29.8 Å². The van der Waals surface area contributed by atoms with Crippen molar-refractivity contribution in [3.63, 3.8) is 0 Å². The summed E-state index contributed by atoms with van der Waals surface area (Å²) in [5.41, 5.74) is 1.01. The fraction of sp³-hybridized carbons (Fsp3) is 0.300. The number of non-ortho nitro benzene ring substituents is 1. The lowest BCUT2D eigenvalue weighted by Crippen LogP contribution is -2.44. The number of benzene rings is 2. The molecule has 3 saturated heterocycles. The Morgan fingerprint density at radius 1 is 0.966 bits per heavy atom. The Morgan fingerprint density at radius 3 is 2.34 bits per heavy atom. The van der Waals surface area contributed by atoms with Crippen LogP contribution in [0.4, 0.5) is 11.4 Å². The molecule has 2 aromatic rings. The van der Waals surface area contributed by atoms with Crippen LogP contribution in [-0.4, -0.2) is 45.9 Å². The number of fused-ring (bicyclic) bond motifs is 3. The van der Waals surface area contributed by atoms with Crippen LogP contribution >= 0.6 is 11.6 Å². The monoisotopic (exact) mass is 412 g/mol. The molecular weight excluding hydrogens is 396 g/mol. The summed E-state index contributed by atoms with van der Waals surface area (Å²) in [6, 6.07) is 12.1. The molecule has 3 aliphatic heterocycles. The third kappa shape index (κ3) is 2.67. The number of halogens is 1. The molecule has 29 heavy (non-hydrogen) atoms. The smallest absolute Gasteiger partial charge is 0.271 e. The highest BCUT2D eigenvalue weighted by atomic mass is 35.5. The quantitative estimate of drug-likeness (QED) is 0.437. The van der Waals surface area contributed by atoms with E-state index in [1.54, 1.807) is 18.2 Å². The summed E-state index contributed by atoms with van der Waals surface area (Å²) in [4.78, 5) is 38.4. The summed E-state index contributed by atoms with van der Waals surface area (Å²) >= 11 is 6.03. The molecular formula is C20H17ClN4O4. The zero-order valence-corrected chi connectivity index (χ0v) is 16.0. The van der Waals surface area contributed by atoms with Gasteiger partial charge in [-0.25, -0.2) is 14.9 Å². The zero-order chi connectivity index (χ0) is 20.3. The molecule has 0 radical (unpaired) electrons. The molecule has 8 nitrogen and oxygen atoms in total. The Kier molecular flexibility index (Phi) is 4.16. The van der Waals surface area contributed by atoms with Crippen molar-refractivity contribution in [2.24, 2.45) is 5.92 Å². The number of nitro benzene ring substituents is 1. The molecule has 148 valence electrons. The Hall–Kier alpha value is -2.81. The van der Waals surface area contributed by atoms with Gasteiger partial charge < -0.3 is 0 Å². The maximum atomic E-state index is 13.4. The second-order valence-electron chi connectivity index (χ2n) is 7.44. The summed E-state index contributed by atoms with van der Waals surface area (Å²) in [5.74, 6) is -1.22. The van der Waals surface area contributed by atoms with Gasteiger partial charge in [0.2, 0.25) is 5.91 Å². The number of hydrazine groups is 1. The molecule has 2 amide bonds. The molecule has 2 aromatic carbocycles. The predicted octanol–water partition coefficient (Wildman–Crippen LogP) is 2.78. The minimum Gasteiger partial charge on any atom is -0.274 e. The van der Waals surface area contributed by atoms with Crippen LogP contribution < -0.4 is 4.90 Å². The van der Waals surface area contributed by atoms with Crippen LogP contribution in [0, 0.1) is 16.0 Å². The average molecular weight is 413 g/mol. The van der Waals surface area contributed by atoms with Crippen LogP contribution in [0.3, 0.4) is 0 Å². The Balaban J connectivity index is 1.57. The Morgan fingerprint density at radius 2 is 1.66 bits per heavy atom. The summed E-state index contributed by atoms with van der Waals surface area (Å²) in [6.07, 6.45) is 0.908. The molecule has 0 unspecified atom stereocenters. The highest BCUT2D eigenvalue weighted by Gasteiger charge is 2.62. The first-order valence-electron chi connectivity index (χ1n) is 9.38. The second kappa shape index (κ2) is 6.62. The Bertz CT molecular complexity index is 1030. The molecule has 0 N–H and O–H groups in total. The number of carbonyl (C=O) groups excluding carboxylic acids is 2. The number of amides is 2. The first-order valence-corrected chi connectivity index (χ1v) is 9.76. The molecule has 3 atom stereocenters. The summed E-state index contributed by atoms with van der Waals surface area (Å²) in [6.45, 7) is 1.48. The van der Waals surface area contributed by atoms with Crippen molar-refractivity contribution in [3.05, 3.63) is 69.2 Å². The number of imide groups is 1. The van der Waals surface area contributed by atoms with Gasteiger partial charge in [0.05, 0.1) is 22.6 Å². The van der Waals surface area contributed by atoms with E-state index in [0.717, 1.165) is 23.4 Å². The zero-order valence-electron chi connectivity index (χ0n) is 15.3. The number of rotatable bonds is 3. The van der Waals surface area contributed by atoms with Gasteiger partial charge >= 0.3 is 0 Å². The van der Waals surface area contributed by atoms with Gasteiger partial charge in [-0.05, 0) is 30.2 Å². The molecule has 3 aliphatic rings. The van der Waals surface area contributed by atoms with E-state index >= 15 is 0 Å². The number of nitrogens with zero attached hydrogens (tertiary/aromatic N) is 4. The maximum absolute atomic E-state index is 13.4. The summed E-state index contributed by atoms with van der Waals surface area (Å²) < 4.78 is 0. The van der Waals surface area contributed by atoms with Gasteiger partial charge in [0, 0.05) is 30.2 Å². The van der Waals surface area contributed by atoms with Crippen molar-refractivity contribution >= 4 is 34.8 Å². The number of anilines is 1. The molecule has 0 saturated carbocycles. The standard InChI is InChI=1S/C20H17ClN4O4/c21-13-7-5-12(6-8-13)17-16-18(23-10-2-9-22(17)23)20(27)24(19(16)26)14-3-1-4-15(11-14)25(28)29/h1,3-8,11,16-18H,2,9-10H2/t16-,17-,18-/m1/s1. The van der Waals surface area contributed by atoms with Crippen molar-refractivity contribution in [3.8, 4) is 0 Å². The van der Waals surface area contributed by atoms with Crippen LogP contribution in [-0.2, 0) is 9.59 Å². The number of hydrogen-bond donors (Lipinski definition) is 0. The largest absolute Gasteiger partial charge is 0.274 e. The van der Waals surface area contributed by atoms with E-state index in [-0.39, 0.29) is 29.2 Å². The van der Waals surface area contributed by atoms with E-state index in [1.165, 1.54) is 18.2 Å². The first-order chi connectivity index (χ1) is 14.0. The first kappa shape index (κ1) is 18.2. The van der Waals surface area contributed by atoms with Gasteiger partial charge in [-0.3, -0.25) is 19.7 Å². The third-order valence-electron chi connectivity index (χ3n) is 5.92. The highest BCUT2D eigenvalue weighted by molar-refractivity contribution is 6.30. The molecule has 5 rings (SSSR count). The van der Waals surface area contributed by atoms with E-state index in [1.807, 2.05) is 17.1 Å². The molecule has 9 heteroatoms. The van der Waals surface area contributed by atoms with Crippen molar-refractivity contribution in [2.45, 2.75) is 18.5 Å². The lowest BCUT2D eigenvalue weighted by Gasteiger charge is -2.29. The number of carbonyl (C=O) groups is 2. The van der Waals surface area contributed by atoms with Crippen LogP contribution in [0.2, 0.25) is 5.02 Å². The Labute approximate surface area is 171 Å². The van der Waals surface area contributed by atoms with Crippen molar-refractivity contribution < 1.29 is 14.5 Å². The molecule has 0 spiro atoms. The fourth-order valence-corrected chi connectivity index (χ4v) is 4.90. The van der Waals surface area contributed by atoms with Gasteiger partial charge in [-0.15, -0.1) is 0 Å². The predicted molar refractivity (Wildman–Crippen MR) is 105 cm³/mol. The van der Waals surface area contributed by atoms with Crippen molar-refractivity contribution in [1.29, 1.82) is 0 Å². The molecule has 0 aromatic heterocycles. The van der Waals surface area contributed by atoms with E-state index in [9.17, 15) is 19.7 Å². The van der Waals surface area contributed by atoms with Gasteiger partial charge in [0.1, 0.15) is 6.04 Å². The minimum atomic E-state index is -0.593. The SMILES string of the molecule is O=C1[C@@H]2[C@@H](c3ccc(Cl)cc3)N3CCCN3[C@H]2C(=O)N1c1cccc([N+](=O)[O-])c1. The molecule has 3 fully saturated rings. The van der Waals surface area contributed by atoms with Crippen LogP contribution in [0.5, 0.6) is 0 Å². The highest BCUT2D eigenvalue weighted by Crippen LogP contribution is 2.49. The van der Waals surface area contributed by atoms with Crippen molar-refractivity contribution in [1.82, 2.24) is 10.0 Å².